The minimum absolute atomic E-state index is 0.170. The monoisotopic (exact) mass is 306 g/mol. The summed E-state index contributed by atoms with van der Waals surface area (Å²) >= 11 is 3.37. The maximum absolute atomic E-state index is 10.7. The van der Waals surface area contributed by atoms with Gasteiger partial charge in [0.2, 0.25) is 0 Å². The van der Waals surface area contributed by atoms with Crippen LogP contribution in [0.3, 0.4) is 0 Å². The highest BCUT2D eigenvalue weighted by Crippen LogP contribution is 2.25. The Morgan fingerprint density at radius 1 is 1.22 bits per heavy atom. The Hall–Kier alpha value is -1.23. The molecule has 4 heteroatoms. The quantitative estimate of drug-likeness (QED) is 0.910. The van der Waals surface area contributed by atoms with E-state index >= 15 is 0 Å². The van der Waals surface area contributed by atoms with Gasteiger partial charge in [0, 0.05) is 29.8 Å². The van der Waals surface area contributed by atoms with Crippen molar-refractivity contribution in [2.45, 2.75) is 12.0 Å². The van der Waals surface area contributed by atoms with Crippen molar-refractivity contribution in [2.24, 2.45) is 5.73 Å². The van der Waals surface area contributed by atoms with Gasteiger partial charge >= 0.3 is 0 Å². The molecule has 0 aliphatic carbocycles. The highest BCUT2D eigenvalue weighted by molar-refractivity contribution is 9.10. The number of pyridine rings is 1. The van der Waals surface area contributed by atoms with Crippen molar-refractivity contribution < 1.29 is 5.11 Å². The van der Waals surface area contributed by atoms with Crippen LogP contribution >= 0.6 is 15.9 Å². The lowest BCUT2D eigenvalue weighted by Crippen LogP contribution is -2.37. The average molecular weight is 307 g/mol. The molecule has 1 aromatic heterocycles. The highest BCUT2D eigenvalue weighted by Gasteiger charge is 2.27. The molecule has 94 valence electrons. The molecule has 0 bridgehead atoms. The first kappa shape index (κ1) is 13.2. The van der Waals surface area contributed by atoms with Crippen LogP contribution < -0.4 is 5.73 Å². The normalized spacial score (nSPS) is 14.2. The van der Waals surface area contributed by atoms with Crippen LogP contribution in [0, 0.1) is 0 Å². The Labute approximate surface area is 115 Å². The predicted octanol–water partition coefficient (Wildman–Crippen LogP) is 2.23. The van der Waals surface area contributed by atoms with Crippen LogP contribution in [0.4, 0.5) is 0 Å². The molecule has 2 aromatic rings. The molecule has 0 fully saturated rings. The van der Waals surface area contributed by atoms with E-state index in [-0.39, 0.29) is 6.54 Å². The molecule has 0 aliphatic rings. The molecule has 0 saturated heterocycles. The van der Waals surface area contributed by atoms with E-state index in [0.29, 0.717) is 6.42 Å². The number of benzene rings is 1. The zero-order chi connectivity index (χ0) is 13.0. The fraction of sp³-hybridized carbons (Fsp3) is 0.214. The molecule has 0 aliphatic heterocycles. The Morgan fingerprint density at radius 2 is 1.94 bits per heavy atom. The number of hydrogen-bond acceptors (Lipinski definition) is 3. The van der Waals surface area contributed by atoms with Gasteiger partial charge in [-0.25, -0.2) is 0 Å². The first-order valence-corrected chi connectivity index (χ1v) is 6.51. The van der Waals surface area contributed by atoms with Crippen molar-refractivity contribution >= 4 is 15.9 Å². The summed E-state index contributed by atoms with van der Waals surface area (Å²) in [6.45, 7) is 0.170. The topological polar surface area (TPSA) is 59.1 Å². The molecule has 0 saturated carbocycles. The van der Waals surface area contributed by atoms with Gasteiger partial charge in [-0.15, -0.1) is 0 Å². The number of halogens is 1. The number of aromatic nitrogens is 1. The number of rotatable bonds is 4. The van der Waals surface area contributed by atoms with Crippen molar-refractivity contribution in [1.82, 2.24) is 4.98 Å². The second-order valence-corrected chi connectivity index (χ2v) is 5.21. The van der Waals surface area contributed by atoms with Gasteiger partial charge in [-0.1, -0.05) is 30.3 Å². The number of hydrogen-bond donors (Lipinski definition) is 2. The van der Waals surface area contributed by atoms with Crippen molar-refractivity contribution in [2.75, 3.05) is 6.54 Å². The molecule has 1 unspecified atom stereocenters. The third kappa shape index (κ3) is 2.96. The van der Waals surface area contributed by atoms with Crippen molar-refractivity contribution in [1.29, 1.82) is 0 Å². The van der Waals surface area contributed by atoms with Gasteiger partial charge in [-0.2, -0.15) is 0 Å². The summed E-state index contributed by atoms with van der Waals surface area (Å²) in [4.78, 5) is 4.10. The fourth-order valence-electron chi connectivity index (χ4n) is 1.93. The summed E-state index contributed by atoms with van der Waals surface area (Å²) in [7, 11) is 0. The summed E-state index contributed by atoms with van der Waals surface area (Å²) in [6.07, 6.45) is 3.90. The maximum Gasteiger partial charge on any atom is 0.106 e. The van der Waals surface area contributed by atoms with Gasteiger partial charge in [-0.05, 0) is 33.1 Å². The van der Waals surface area contributed by atoms with Gasteiger partial charge in [0.05, 0.1) is 0 Å². The smallest absolute Gasteiger partial charge is 0.106 e. The van der Waals surface area contributed by atoms with E-state index in [1.54, 1.807) is 12.4 Å². The lowest BCUT2D eigenvalue weighted by atomic mass is 9.88. The second-order valence-electron chi connectivity index (χ2n) is 4.29. The molecule has 18 heavy (non-hydrogen) atoms. The summed E-state index contributed by atoms with van der Waals surface area (Å²) < 4.78 is 0.896. The van der Waals surface area contributed by atoms with Gasteiger partial charge < -0.3 is 10.8 Å². The van der Waals surface area contributed by atoms with Gasteiger partial charge in [0.15, 0.2) is 0 Å². The number of nitrogens with zero attached hydrogens (tertiary/aromatic N) is 1. The molecule has 0 spiro atoms. The van der Waals surface area contributed by atoms with E-state index in [2.05, 4.69) is 20.9 Å². The maximum atomic E-state index is 10.7. The van der Waals surface area contributed by atoms with E-state index in [0.717, 1.165) is 15.6 Å². The largest absolute Gasteiger partial charge is 0.383 e. The van der Waals surface area contributed by atoms with Gasteiger partial charge in [0.25, 0.3) is 0 Å². The van der Waals surface area contributed by atoms with E-state index in [9.17, 15) is 5.11 Å². The van der Waals surface area contributed by atoms with Crippen LogP contribution in [0.1, 0.15) is 11.1 Å². The second kappa shape index (κ2) is 5.61. The molecule has 3 nitrogen and oxygen atoms in total. The van der Waals surface area contributed by atoms with E-state index in [1.807, 2.05) is 36.4 Å². The molecule has 0 amide bonds. The van der Waals surface area contributed by atoms with Crippen LogP contribution in [-0.2, 0) is 12.0 Å². The molecular weight excluding hydrogens is 292 g/mol. The minimum Gasteiger partial charge on any atom is -0.383 e. The summed E-state index contributed by atoms with van der Waals surface area (Å²) in [5.41, 5.74) is 6.46. The van der Waals surface area contributed by atoms with Crippen molar-refractivity contribution in [3.63, 3.8) is 0 Å². The SMILES string of the molecule is NCC(O)(Cc1cncc(Br)c1)c1ccccc1. The molecule has 3 N–H and O–H groups in total. The Bertz CT molecular complexity index is 518. The first-order valence-electron chi connectivity index (χ1n) is 5.71. The zero-order valence-corrected chi connectivity index (χ0v) is 11.5. The van der Waals surface area contributed by atoms with Crippen LogP contribution in [0.15, 0.2) is 53.3 Å². The van der Waals surface area contributed by atoms with Crippen LogP contribution in [-0.4, -0.2) is 16.6 Å². The lowest BCUT2D eigenvalue weighted by molar-refractivity contribution is 0.0462. The van der Waals surface area contributed by atoms with Crippen molar-refractivity contribution in [3.05, 3.63) is 64.4 Å². The highest BCUT2D eigenvalue weighted by atomic mass is 79.9. The van der Waals surface area contributed by atoms with Crippen molar-refractivity contribution in [3.8, 4) is 0 Å². The summed E-state index contributed by atoms with van der Waals surface area (Å²) in [6, 6.07) is 11.4. The average Bonchev–Trinajstić information content (AvgIpc) is 2.39. The number of aliphatic hydroxyl groups is 1. The Balaban J connectivity index is 2.29. The molecule has 1 heterocycles. The summed E-state index contributed by atoms with van der Waals surface area (Å²) in [5.74, 6) is 0. The standard InChI is InChI=1S/C14H15BrN2O/c15-13-6-11(8-17-9-13)7-14(18,10-16)12-4-2-1-3-5-12/h1-6,8-9,18H,7,10,16H2. The number of nitrogens with two attached hydrogens (primary N) is 1. The Kier molecular flexibility index (Phi) is 4.11. The van der Waals surface area contributed by atoms with Crippen LogP contribution in [0.2, 0.25) is 0 Å². The van der Waals surface area contributed by atoms with E-state index < -0.39 is 5.60 Å². The first-order chi connectivity index (χ1) is 8.64. The molecule has 1 aromatic carbocycles. The van der Waals surface area contributed by atoms with E-state index in [4.69, 9.17) is 5.73 Å². The molecule has 2 rings (SSSR count). The minimum atomic E-state index is -1.05. The van der Waals surface area contributed by atoms with Gasteiger partial charge in [0.1, 0.15) is 5.60 Å². The molecular formula is C14H15BrN2O. The van der Waals surface area contributed by atoms with Crippen LogP contribution in [0.5, 0.6) is 0 Å². The van der Waals surface area contributed by atoms with Crippen LogP contribution in [0.25, 0.3) is 0 Å². The molecule has 1 atom stereocenters. The van der Waals surface area contributed by atoms with E-state index in [1.165, 1.54) is 0 Å². The molecule has 0 radical (unpaired) electrons. The third-order valence-corrected chi connectivity index (χ3v) is 3.34. The fourth-order valence-corrected chi connectivity index (χ4v) is 2.34. The summed E-state index contributed by atoms with van der Waals surface area (Å²) in [5, 5.41) is 10.7. The Morgan fingerprint density at radius 3 is 2.56 bits per heavy atom. The third-order valence-electron chi connectivity index (χ3n) is 2.91. The van der Waals surface area contributed by atoms with Gasteiger partial charge in [-0.3, -0.25) is 4.98 Å². The predicted molar refractivity (Wildman–Crippen MR) is 75.0 cm³/mol. The lowest BCUT2D eigenvalue weighted by Gasteiger charge is -2.27. The zero-order valence-electron chi connectivity index (χ0n) is 9.88.